The Morgan fingerprint density at radius 3 is 1.81 bits per heavy atom. The number of unbranched alkanes of at least 4 members (excludes halogenated alkanes) is 1. The molecule has 0 saturated heterocycles. The normalized spacial score (nSPS) is 12.6. The highest BCUT2D eigenvalue weighted by Gasteiger charge is 2.29. The van der Waals surface area contributed by atoms with Gasteiger partial charge in [0.1, 0.15) is 22.8 Å². The molecular formula is C50H42N2O5. The van der Waals surface area contributed by atoms with Crippen molar-refractivity contribution in [3.05, 3.63) is 174 Å². The summed E-state index contributed by atoms with van der Waals surface area (Å²) in [7, 11) is 0. The summed E-state index contributed by atoms with van der Waals surface area (Å²) < 4.78 is 6.44. The van der Waals surface area contributed by atoms with Gasteiger partial charge in [-0.15, -0.1) is 0 Å². The predicted molar refractivity (Wildman–Crippen MR) is 231 cm³/mol. The lowest BCUT2D eigenvalue weighted by Crippen LogP contribution is -2.20. The molecule has 1 unspecified atom stereocenters. The molecule has 0 bridgehead atoms. The molecule has 1 atom stereocenters. The number of hydrogen-bond donors (Lipinski definition) is 5. The standard InChI is InChI=1S/C50H42N2O5/c1-3-4-23-40(36-26-24-34(25-27-36)32-15-8-5-9-16-32)52-50(51-31(2)37-21-14-22-38(28-37)33-17-10-6-11-18-33)46-43(55)30-42(54)44-45-41(53)29-39(35-19-12-7-13-20-35)47(56)49(45)57-48(44)46/h5-30,50,52-56H,3-4H2,1-2H3/b40-23+,51-31+. The van der Waals surface area contributed by atoms with E-state index in [4.69, 9.17) is 9.41 Å². The number of benzene rings is 7. The largest absolute Gasteiger partial charge is 0.507 e. The zero-order valence-electron chi connectivity index (χ0n) is 31.6. The average molecular weight is 751 g/mol. The van der Waals surface area contributed by atoms with Gasteiger partial charge in [0.15, 0.2) is 17.5 Å². The summed E-state index contributed by atoms with van der Waals surface area (Å²) in [4.78, 5) is 5.25. The third-order valence-electron chi connectivity index (χ3n) is 10.3. The first-order valence-corrected chi connectivity index (χ1v) is 19.0. The molecule has 7 nitrogen and oxygen atoms in total. The van der Waals surface area contributed by atoms with Gasteiger partial charge in [0.2, 0.25) is 0 Å². The average Bonchev–Trinajstić information content (AvgIpc) is 3.66. The summed E-state index contributed by atoms with van der Waals surface area (Å²) in [6, 6.07) is 48.5. The number of phenols is 4. The van der Waals surface area contributed by atoms with Gasteiger partial charge in [-0.3, -0.25) is 4.99 Å². The Kier molecular flexibility index (Phi) is 10.2. The maximum Gasteiger partial charge on any atom is 0.181 e. The van der Waals surface area contributed by atoms with Crippen LogP contribution in [0.3, 0.4) is 0 Å². The molecular weight excluding hydrogens is 709 g/mol. The van der Waals surface area contributed by atoms with E-state index in [-0.39, 0.29) is 50.5 Å². The number of nitrogens with zero attached hydrogens (tertiary/aromatic N) is 1. The van der Waals surface area contributed by atoms with Crippen LogP contribution in [-0.2, 0) is 0 Å². The second kappa shape index (κ2) is 15.8. The number of nitrogens with one attached hydrogen (secondary N) is 1. The van der Waals surface area contributed by atoms with Crippen LogP contribution >= 0.6 is 0 Å². The Morgan fingerprint density at radius 1 is 0.596 bits per heavy atom. The van der Waals surface area contributed by atoms with Crippen molar-refractivity contribution in [3.8, 4) is 56.4 Å². The van der Waals surface area contributed by atoms with E-state index in [1.165, 1.54) is 12.1 Å². The van der Waals surface area contributed by atoms with Crippen molar-refractivity contribution in [1.29, 1.82) is 0 Å². The molecule has 7 heteroatoms. The van der Waals surface area contributed by atoms with Gasteiger partial charge in [-0.2, -0.15) is 0 Å². The minimum Gasteiger partial charge on any atom is -0.507 e. The lowest BCUT2D eigenvalue weighted by Gasteiger charge is -2.22. The van der Waals surface area contributed by atoms with E-state index in [2.05, 4.69) is 79.0 Å². The Balaban J connectivity index is 1.31. The number of aromatic hydroxyl groups is 4. The van der Waals surface area contributed by atoms with Crippen LogP contribution in [0.4, 0.5) is 0 Å². The summed E-state index contributed by atoms with van der Waals surface area (Å²) in [6.45, 7) is 4.03. The van der Waals surface area contributed by atoms with Crippen molar-refractivity contribution in [2.24, 2.45) is 4.99 Å². The molecule has 1 heterocycles. The zero-order valence-corrected chi connectivity index (χ0v) is 31.6. The van der Waals surface area contributed by atoms with E-state index in [1.54, 1.807) is 0 Å². The highest BCUT2D eigenvalue weighted by molar-refractivity contribution is 6.15. The quantitative estimate of drug-likeness (QED) is 0.0663. The van der Waals surface area contributed by atoms with Gasteiger partial charge < -0.3 is 30.2 Å². The summed E-state index contributed by atoms with van der Waals surface area (Å²) in [6.07, 6.45) is 2.81. The summed E-state index contributed by atoms with van der Waals surface area (Å²) in [5.41, 5.74) is 8.81. The first-order valence-electron chi connectivity index (χ1n) is 19.0. The maximum absolute atomic E-state index is 11.8. The first-order chi connectivity index (χ1) is 27.8. The number of rotatable bonds is 11. The van der Waals surface area contributed by atoms with Gasteiger partial charge in [0, 0.05) is 23.0 Å². The summed E-state index contributed by atoms with van der Waals surface area (Å²) in [5.74, 6) is -1.00. The van der Waals surface area contributed by atoms with Gasteiger partial charge in [0.05, 0.1) is 16.3 Å². The summed E-state index contributed by atoms with van der Waals surface area (Å²) >= 11 is 0. The van der Waals surface area contributed by atoms with Crippen LogP contribution in [0.1, 0.15) is 49.5 Å². The smallest absolute Gasteiger partial charge is 0.181 e. The Bertz CT molecular complexity index is 2760. The van der Waals surface area contributed by atoms with Crippen molar-refractivity contribution in [3.63, 3.8) is 0 Å². The minimum atomic E-state index is -0.969. The molecule has 0 spiro atoms. The number of fused-ring (bicyclic) bond motifs is 3. The van der Waals surface area contributed by atoms with E-state index < -0.39 is 6.17 Å². The number of aliphatic imine (C=N–C) groups is 1. The van der Waals surface area contributed by atoms with Gasteiger partial charge in [-0.05, 0) is 64.4 Å². The van der Waals surface area contributed by atoms with Crippen molar-refractivity contribution in [2.75, 3.05) is 0 Å². The molecule has 0 aliphatic rings. The first kappa shape index (κ1) is 36.7. The third-order valence-corrected chi connectivity index (χ3v) is 10.3. The molecule has 57 heavy (non-hydrogen) atoms. The predicted octanol–water partition coefficient (Wildman–Crippen LogP) is 12.3. The van der Waals surface area contributed by atoms with E-state index in [0.717, 1.165) is 51.9 Å². The number of furan rings is 1. The molecule has 8 rings (SSSR count). The molecule has 0 aliphatic carbocycles. The lowest BCUT2D eigenvalue weighted by molar-refractivity contribution is 0.440. The summed E-state index contributed by atoms with van der Waals surface area (Å²) in [5, 5.41) is 50.1. The van der Waals surface area contributed by atoms with Crippen LogP contribution < -0.4 is 5.32 Å². The molecule has 5 N–H and O–H groups in total. The van der Waals surface area contributed by atoms with E-state index in [0.29, 0.717) is 16.8 Å². The van der Waals surface area contributed by atoms with Gasteiger partial charge in [0.25, 0.3) is 0 Å². The van der Waals surface area contributed by atoms with E-state index in [1.807, 2.05) is 85.8 Å². The second-order valence-electron chi connectivity index (χ2n) is 14.1. The number of allylic oxidation sites excluding steroid dienone is 1. The van der Waals surface area contributed by atoms with Gasteiger partial charge in [-0.25, -0.2) is 0 Å². The highest BCUT2D eigenvalue weighted by atomic mass is 16.4. The molecule has 0 radical (unpaired) electrons. The SMILES string of the molecule is CCC/C=C(/NC(/N=C(\C)c1cccc(-c2ccccc2)c1)c1c(O)cc(O)c2c1oc1c(O)c(-c3ccccc3)cc(O)c12)c1ccc(-c2ccccc2)cc1. The maximum atomic E-state index is 11.8. The van der Waals surface area contributed by atoms with Gasteiger partial charge >= 0.3 is 0 Å². The molecule has 0 aliphatic heterocycles. The fourth-order valence-electron chi connectivity index (χ4n) is 7.33. The molecule has 0 amide bonds. The highest BCUT2D eigenvalue weighted by Crippen LogP contribution is 2.51. The third kappa shape index (κ3) is 7.31. The fourth-order valence-corrected chi connectivity index (χ4v) is 7.33. The molecule has 0 fully saturated rings. The molecule has 8 aromatic rings. The fraction of sp³-hybridized carbons (Fsp3) is 0.100. The van der Waals surface area contributed by atoms with Crippen molar-refractivity contribution < 1.29 is 24.8 Å². The molecule has 1 aromatic heterocycles. The second-order valence-corrected chi connectivity index (χ2v) is 14.1. The van der Waals surface area contributed by atoms with Crippen molar-refractivity contribution >= 4 is 33.3 Å². The molecule has 282 valence electrons. The Morgan fingerprint density at radius 2 is 1.16 bits per heavy atom. The van der Waals surface area contributed by atoms with Crippen LogP contribution in [0.2, 0.25) is 0 Å². The van der Waals surface area contributed by atoms with Crippen LogP contribution in [0.25, 0.3) is 61.0 Å². The van der Waals surface area contributed by atoms with Crippen LogP contribution in [0.15, 0.2) is 167 Å². The monoisotopic (exact) mass is 750 g/mol. The van der Waals surface area contributed by atoms with Crippen LogP contribution in [0.5, 0.6) is 23.0 Å². The van der Waals surface area contributed by atoms with Gasteiger partial charge in [-0.1, -0.05) is 153 Å². The minimum absolute atomic E-state index is 0.0285. The lowest BCUT2D eigenvalue weighted by atomic mass is 9.99. The van der Waals surface area contributed by atoms with Crippen LogP contribution in [-0.4, -0.2) is 26.1 Å². The topological polar surface area (TPSA) is 118 Å². The van der Waals surface area contributed by atoms with E-state index in [9.17, 15) is 20.4 Å². The zero-order chi connectivity index (χ0) is 39.5. The number of hydrogen-bond acceptors (Lipinski definition) is 7. The van der Waals surface area contributed by atoms with E-state index >= 15 is 0 Å². The van der Waals surface area contributed by atoms with Crippen LogP contribution in [0, 0.1) is 0 Å². The molecule has 7 aromatic carbocycles. The van der Waals surface area contributed by atoms with Crippen molar-refractivity contribution in [2.45, 2.75) is 32.9 Å². The van der Waals surface area contributed by atoms with Crippen molar-refractivity contribution in [1.82, 2.24) is 5.32 Å². The molecule has 0 saturated carbocycles. The Labute approximate surface area is 331 Å². The number of phenolic OH excluding ortho intramolecular Hbond substituents is 4. The Hall–Kier alpha value is -7.25.